The molecule has 0 spiro atoms. The maximum absolute atomic E-state index is 15.3. The fourth-order valence-electron chi connectivity index (χ4n) is 5.81. The zero-order chi connectivity index (χ0) is 42.6. The molecule has 5 rings (SSSR count). The van der Waals surface area contributed by atoms with Crippen molar-refractivity contribution in [2.75, 3.05) is 58.6 Å². The Kier molecular flexibility index (Phi) is 15.5. The van der Waals surface area contributed by atoms with Crippen molar-refractivity contribution in [3.05, 3.63) is 105 Å². The first-order valence-corrected chi connectivity index (χ1v) is 18.5. The lowest BCUT2D eigenvalue weighted by Crippen LogP contribution is -2.49. The molecular formula is C40H39F5N2O10S. The summed E-state index contributed by atoms with van der Waals surface area (Å²) in [6.07, 6.45) is -4.53. The number of amides is 2. The Hall–Kier alpha value is -5.88. The summed E-state index contributed by atoms with van der Waals surface area (Å²) in [7, 11) is 1.05. The fraction of sp³-hybridized carbons (Fsp3) is 0.325. The molecule has 1 fully saturated rings. The van der Waals surface area contributed by atoms with Gasteiger partial charge in [0.1, 0.15) is 12.2 Å². The quantitative estimate of drug-likeness (QED) is 0.0492. The Labute approximate surface area is 333 Å². The van der Waals surface area contributed by atoms with Gasteiger partial charge in [-0.1, -0.05) is 35.9 Å². The van der Waals surface area contributed by atoms with E-state index in [0.717, 1.165) is 30.9 Å². The Bertz CT molecular complexity index is 2070. The summed E-state index contributed by atoms with van der Waals surface area (Å²) in [6, 6.07) is 13.0. The maximum atomic E-state index is 15.3. The van der Waals surface area contributed by atoms with Crippen molar-refractivity contribution in [1.82, 2.24) is 4.90 Å². The number of hydrogen-bond donors (Lipinski definition) is 1. The predicted molar refractivity (Wildman–Crippen MR) is 200 cm³/mol. The van der Waals surface area contributed by atoms with Gasteiger partial charge in [-0.2, -0.15) is 13.2 Å². The third kappa shape index (κ3) is 10.2. The molecule has 12 nitrogen and oxygen atoms in total. The number of nitrogens with zero attached hydrogens (tertiary/aromatic N) is 1. The number of hydrogen-bond acceptors (Lipinski definition) is 11. The molecule has 58 heavy (non-hydrogen) atoms. The number of thiophene rings is 1. The number of methoxy groups -OCH3 is 1. The minimum Gasteiger partial charge on any atom is -0.491 e. The number of halogens is 5. The van der Waals surface area contributed by atoms with E-state index in [9.17, 15) is 41.5 Å². The molecule has 1 aliphatic rings. The van der Waals surface area contributed by atoms with Crippen molar-refractivity contribution in [2.45, 2.75) is 32.4 Å². The monoisotopic (exact) mass is 834 g/mol. The lowest BCUT2D eigenvalue weighted by atomic mass is 9.87. The van der Waals surface area contributed by atoms with Crippen molar-refractivity contribution >= 4 is 47.2 Å². The molecule has 3 aromatic carbocycles. The van der Waals surface area contributed by atoms with Gasteiger partial charge in [-0.05, 0) is 61.5 Å². The fourth-order valence-corrected chi connectivity index (χ4v) is 6.69. The van der Waals surface area contributed by atoms with Crippen molar-refractivity contribution in [3.63, 3.8) is 0 Å². The minimum absolute atomic E-state index is 0.0248. The molecule has 1 aliphatic heterocycles. The van der Waals surface area contributed by atoms with Gasteiger partial charge in [-0.25, -0.2) is 8.78 Å². The number of rotatable bonds is 13. The standard InChI is InChI=1S/C27H23F5N2O4.C13H16O6S/c1-15-3-8-18(19(13-15)16-4-6-17(7-5-16)27(30,31)32)25(35)33-21-14-20(28)24(37-2)23(29)22(21)26(36)34-9-11-38-12-10-34;1-3-18-11(15)13(8-17-9-14,12(16)19-4-2)10-6-5-7-20-10/h3-8,13-14H,9-12H2,1-2H3,(H,33,35);5-7,9H,3-4,8H2,1-2H3. The van der Waals surface area contributed by atoms with E-state index in [1.165, 1.54) is 34.4 Å². The van der Waals surface area contributed by atoms with Gasteiger partial charge in [0.2, 0.25) is 5.41 Å². The Balaban J connectivity index is 0.000000314. The van der Waals surface area contributed by atoms with Gasteiger partial charge in [0.15, 0.2) is 17.4 Å². The van der Waals surface area contributed by atoms with E-state index in [2.05, 4.69) is 10.1 Å². The summed E-state index contributed by atoms with van der Waals surface area (Å²) in [5.41, 5.74) is -2.24. The van der Waals surface area contributed by atoms with Crippen LogP contribution in [0.2, 0.25) is 0 Å². The summed E-state index contributed by atoms with van der Waals surface area (Å²) in [5.74, 6) is -6.37. The number of carbonyl (C=O) groups excluding carboxylic acids is 5. The van der Waals surface area contributed by atoms with E-state index in [-0.39, 0.29) is 51.6 Å². The summed E-state index contributed by atoms with van der Waals surface area (Å²) in [5, 5.41) is 4.12. The van der Waals surface area contributed by atoms with Crippen LogP contribution < -0.4 is 10.1 Å². The molecular weight excluding hydrogens is 796 g/mol. The normalized spacial score (nSPS) is 12.7. The number of anilines is 1. The lowest BCUT2D eigenvalue weighted by molar-refractivity contribution is -0.168. The van der Waals surface area contributed by atoms with Gasteiger partial charge in [0, 0.05) is 29.6 Å². The van der Waals surface area contributed by atoms with Crippen LogP contribution in [-0.4, -0.2) is 88.4 Å². The Morgan fingerprint density at radius 3 is 2.10 bits per heavy atom. The Morgan fingerprint density at radius 1 is 0.931 bits per heavy atom. The van der Waals surface area contributed by atoms with Gasteiger partial charge in [0.05, 0.1) is 44.8 Å². The molecule has 0 aliphatic carbocycles. The molecule has 18 heteroatoms. The summed E-state index contributed by atoms with van der Waals surface area (Å²) in [4.78, 5) is 63.3. The first kappa shape index (κ1) is 44.8. The van der Waals surface area contributed by atoms with Gasteiger partial charge < -0.3 is 33.9 Å². The topological polar surface area (TPSA) is 147 Å². The average Bonchev–Trinajstić information content (AvgIpc) is 3.74. The van der Waals surface area contributed by atoms with Crippen molar-refractivity contribution in [1.29, 1.82) is 0 Å². The highest BCUT2D eigenvalue weighted by atomic mass is 32.1. The molecule has 4 aromatic rings. The second kappa shape index (κ2) is 20.0. The second-order valence-corrected chi connectivity index (χ2v) is 13.3. The summed E-state index contributed by atoms with van der Waals surface area (Å²) in [6.45, 7) is 5.73. The number of carbonyl (C=O) groups is 5. The highest BCUT2D eigenvalue weighted by molar-refractivity contribution is 7.10. The molecule has 1 aromatic heterocycles. The highest BCUT2D eigenvalue weighted by Crippen LogP contribution is 2.36. The molecule has 0 bridgehead atoms. The van der Waals surface area contributed by atoms with E-state index in [1.807, 2.05) is 0 Å². The SMILES string of the molecule is CCOC(=O)C(COC=O)(C(=O)OCC)c1cccs1.COc1c(F)cc(NC(=O)c2ccc(C)cc2-c2ccc(C(F)(F)F)cc2)c(C(=O)N2CCOCC2)c1F. The zero-order valence-corrected chi connectivity index (χ0v) is 32.5. The number of benzene rings is 3. The number of ether oxygens (including phenoxy) is 5. The van der Waals surface area contributed by atoms with Gasteiger partial charge in [-0.15, -0.1) is 11.3 Å². The highest BCUT2D eigenvalue weighted by Gasteiger charge is 2.52. The van der Waals surface area contributed by atoms with E-state index < -0.39 is 76.1 Å². The predicted octanol–water partition coefficient (Wildman–Crippen LogP) is 6.98. The van der Waals surface area contributed by atoms with Crippen LogP contribution in [0.5, 0.6) is 5.75 Å². The smallest absolute Gasteiger partial charge is 0.416 e. The van der Waals surface area contributed by atoms with Crippen LogP contribution in [0, 0.1) is 18.6 Å². The minimum atomic E-state index is -4.53. The van der Waals surface area contributed by atoms with Crippen LogP contribution in [0.4, 0.5) is 27.6 Å². The maximum Gasteiger partial charge on any atom is 0.416 e. The molecule has 1 N–H and O–H groups in total. The number of nitrogens with one attached hydrogen (secondary N) is 1. The van der Waals surface area contributed by atoms with E-state index in [4.69, 9.17) is 18.9 Å². The Morgan fingerprint density at radius 2 is 1.57 bits per heavy atom. The van der Waals surface area contributed by atoms with E-state index >= 15 is 4.39 Å². The van der Waals surface area contributed by atoms with E-state index in [0.29, 0.717) is 16.0 Å². The summed E-state index contributed by atoms with van der Waals surface area (Å²) >= 11 is 1.19. The molecule has 1 saturated heterocycles. The largest absolute Gasteiger partial charge is 0.491 e. The third-order valence-corrected chi connectivity index (χ3v) is 9.67. The van der Waals surface area contributed by atoms with Crippen molar-refractivity contribution in [2.24, 2.45) is 0 Å². The number of aryl methyl sites for hydroxylation is 1. The molecule has 0 radical (unpaired) electrons. The number of morpholine rings is 1. The third-order valence-electron chi connectivity index (χ3n) is 8.64. The molecule has 0 unspecified atom stereocenters. The average molecular weight is 835 g/mol. The first-order valence-electron chi connectivity index (χ1n) is 17.6. The molecule has 0 saturated carbocycles. The van der Waals surface area contributed by atoms with Crippen molar-refractivity contribution in [3.8, 4) is 16.9 Å². The molecule has 310 valence electrons. The first-order chi connectivity index (χ1) is 27.6. The molecule has 2 amide bonds. The van der Waals surface area contributed by atoms with Crippen LogP contribution in [0.25, 0.3) is 11.1 Å². The van der Waals surface area contributed by atoms with Crippen LogP contribution in [0.15, 0.2) is 66.0 Å². The lowest BCUT2D eigenvalue weighted by Gasteiger charge is -2.28. The number of alkyl halides is 3. The molecule has 2 heterocycles. The van der Waals surface area contributed by atoms with Crippen LogP contribution in [-0.2, 0) is 44.9 Å². The van der Waals surface area contributed by atoms with Crippen LogP contribution in [0.1, 0.15) is 50.6 Å². The van der Waals surface area contributed by atoms with Crippen molar-refractivity contribution < 1.29 is 69.6 Å². The van der Waals surface area contributed by atoms with Gasteiger partial charge >= 0.3 is 18.1 Å². The van der Waals surface area contributed by atoms with Crippen LogP contribution in [0.3, 0.4) is 0 Å². The summed E-state index contributed by atoms with van der Waals surface area (Å²) < 4.78 is 93.6. The van der Waals surface area contributed by atoms with E-state index in [1.54, 1.807) is 50.4 Å². The number of esters is 2. The second-order valence-electron chi connectivity index (χ2n) is 12.3. The van der Waals surface area contributed by atoms with Crippen LogP contribution >= 0.6 is 11.3 Å². The molecule has 0 atom stereocenters. The zero-order valence-electron chi connectivity index (χ0n) is 31.7. The van der Waals surface area contributed by atoms with Gasteiger partial charge in [0.25, 0.3) is 18.3 Å². The van der Waals surface area contributed by atoms with Gasteiger partial charge in [-0.3, -0.25) is 24.0 Å².